The summed E-state index contributed by atoms with van der Waals surface area (Å²) in [6.07, 6.45) is 1.59. The Morgan fingerprint density at radius 3 is 2.48 bits per heavy atom. The average molecular weight is 283 g/mol. The van der Waals surface area contributed by atoms with Gasteiger partial charge in [0.05, 0.1) is 0 Å². The molecule has 0 saturated heterocycles. The van der Waals surface area contributed by atoms with E-state index in [0.717, 1.165) is 5.69 Å². The Bertz CT molecular complexity index is 672. The summed E-state index contributed by atoms with van der Waals surface area (Å²) in [5.74, 6) is 0.367. The second-order valence-electron chi connectivity index (χ2n) is 6.22. The van der Waals surface area contributed by atoms with Gasteiger partial charge in [0.2, 0.25) is 0 Å². The molecule has 0 aliphatic heterocycles. The minimum Gasteiger partial charge on any atom is -0.321 e. The van der Waals surface area contributed by atoms with E-state index in [1.165, 1.54) is 11.1 Å². The number of anilines is 1. The van der Waals surface area contributed by atoms with Crippen molar-refractivity contribution in [1.29, 1.82) is 0 Å². The van der Waals surface area contributed by atoms with Crippen molar-refractivity contribution in [2.75, 3.05) is 5.32 Å². The third-order valence-electron chi connectivity index (χ3n) is 3.31. The molecule has 0 aliphatic rings. The minimum atomic E-state index is -0.218. The lowest BCUT2D eigenvalue weighted by atomic mass is 9.84. The van der Waals surface area contributed by atoms with Crippen LogP contribution in [0.5, 0.6) is 0 Å². The van der Waals surface area contributed by atoms with Gasteiger partial charge in [-0.3, -0.25) is 4.79 Å². The number of nitrogens with one attached hydrogen (secondary N) is 1. The predicted octanol–water partition coefficient (Wildman–Crippen LogP) is 3.64. The van der Waals surface area contributed by atoms with Crippen LogP contribution in [0.2, 0.25) is 0 Å². The summed E-state index contributed by atoms with van der Waals surface area (Å²) < 4.78 is 0. The number of carbonyl (C=O) groups is 1. The number of nitrogens with zero attached hydrogens (tertiary/aromatic N) is 2. The summed E-state index contributed by atoms with van der Waals surface area (Å²) in [5.41, 5.74) is 3.64. The van der Waals surface area contributed by atoms with E-state index in [1.807, 2.05) is 18.2 Å². The summed E-state index contributed by atoms with van der Waals surface area (Å²) in [5, 5.41) is 2.90. The van der Waals surface area contributed by atoms with E-state index in [4.69, 9.17) is 0 Å². The molecular formula is C17H21N3O. The summed E-state index contributed by atoms with van der Waals surface area (Å²) in [7, 11) is 0. The van der Waals surface area contributed by atoms with Crippen LogP contribution in [0, 0.1) is 13.8 Å². The maximum absolute atomic E-state index is 12.2. The fourth-order valence-electron chi connectivity index (χ4n) is 2.29. The van der Waals surface area contributed by atoms with Gasteiger partial charge < -0.3 is 5.32 Å². The molecule has 0 saturated carbocycles. The van der Waals surface area contributed by atoms with Gasteiger partial charge in [0.15, 0.2) is 0 Å². The molecule has 0 atom stereocenters. The van der Waals surface area contributed by atoms with Gasteiger partial charge in [0, 0.05) is 11.9 Å². The van der Waals surface area contributed by atoms with Crippen LogP contribution in [-0.2, 0) is 5.41 Å². The van der Waals surface area contributed by atoms with Gasteiger partial charge in [-0.25, -0.2) is 9.97 Å². The van der Waals surface area contributed by atoms with Crippen LogP contribution in [0.3, 0.4) is 0 Å². The van der Waals surface area contributed by atoms with Crippen molar-refractivity contribution in [3.05, 3.63) is 53.1 Å². The average Bonchev–Trinajstić information content (AvgIpc) is 2.39. The number of aryl methyl sites for hydroxylation is 2. The van der Waals surface area contributed by atoms with Crippen LogP contribution < -0.4 is 5.32 Å². The van der Waals surface area contributed by atoms with E-state index < -0.39 is 0 Å². The number of rotatable bonds is 2. The van der Waals surface area contributed by atoms with Crippen molar-refractivity contribution in [2.24, 2.45) is 0 Å². The molecule has 0 bridgehead atoms. The Balaban J connectivity index is 2.26. The van der Waals surface area contributed by atoms with Gasteiger partial charge in [0.25, 0.3) is 5.91 Å². The molecule has 0 radical (unpaired) electrons. The molecule has 0 aliphatic carbocycles. The molecule has 2 rings (SSSR count). The molecule has 1 aromatic carbocycles. The van der Waals surface area contributed by atoms with Gasteiger partial charge in [-0.05, 0) is 48.6 Å². The molecule has 4 heteroatoms. The zero-order chi connectivity index (χ0) is 15.6. The number of amides is 1. The van der Waals surface area contributed by atoms with Gasteiger partial charge in [-0.2, -0.15) is 0 Å². The Morgan fingerprint density at radius 2 is 1.86 bits per heavy atom. The quantitative estimate of drug-likeness (QED) is 0.915. The Kier molecular flexibility index (Phi) is 4.07. The molecule has 1 N–H and O–H groups in total. The summed E-state index contributed by atoms with van der Waals surface area (Å²) in [6, 6.07) is 7.58. The Hall–Kier alpha value is -2.23. The molecule has 0 unspecified atom stereocenters. The molecule has 1 heterocycles. The molecule has 4 nitrogen and oxygen atoms in total. The van der Waals surface area contributed by atoms with E-state index in [-0.39, 0.29) is 11.3 Å². The highest BCUT2D eigenvalue weighted by Crippen LogP contribution is 2.28. The highest BCUT2D eigenvalue weighted by atomic mass is 16.1. The first-order chi connectivity index (χ1) is 9.77. The van der Waals surface area contributed by atoms with Crippen molar-refractivity contribution >= 4 is 11.6 Å². The second kappa shape index (κ2) is 5.64. The third-order valence-corrected chi connectivity index (χ3v) is 3.31. The van der Waals surface area contributed by atoms with Crippen molar-refractivity contribution in [2.45, 2.75) is 40.0 Å². The SMILES string of the molecule is Cc1nccc(C(=O)Nc2ccc(C)c(C(C)(C)C)c2)n1. The van der Waals surface area contributed by atoms with Crippen molar-refractivity contribution in [1.82, 2.24) is 9.97 Å². The molecule has 0 fully saturated rings. The van der Waals surface area contributed by atoms with Gasteiger partial charge in [0.1, 0.15) is 11.5 Å². The highest BCUT2D eigenvalue weighted by Gasteiger charge is 2.17. The molecule has 0 spiro atoms. The van der Waals surface area contributed by atoms with Crippen LogP contribution in [-0.4, -0.2) is 15.9 Å². The van der Waals surface area contributed by atoms with E-state index in [9.17, 15) is 4.79 Å². The smallest absolute Gasteiger partial charge is 0.274 e. The van der Waals surface area contributed by atoms with Crippen molar-refractivity contribution in [3.8, 4) is 0 Å². The van der Waals surface area contributed by atoms with Crippen molar-refractivity contribution in [3.63, 3.8) is 0 Å². The zero-order valence-corrected chi connectivity index (χ0v) is 13.2. The first-order valence-corrected chi connectivity index (χ1v) is 6.99. The third kappa shape index (κ3) is 3.66. The Morgan fingerprint density at radius 1 is 1.14 bits per heavy atom. The topological polar surface area (TPSA) is 54.9 Å². The molecular weight excluding hydrogens is 262 g/mol. The van der Waals surface area contributed by atoms with Gasteiger partial charge in [-0.1, -0.05) is 26.8 Å². The summed E-state index contributed by atoms with van der Waals surface area (Å²) >= 11 is 0. The number of carbonyl (C=O) groups excluding carboxylic acids is 1. The van der Waals surface area contributed by atoms with Gasteiger partial charge >= 0.3 is 0 Å². The molecule has 110 valence electrons. The lowest BCUT2D eigenvalue weighted by Gasteiger charge is -2.22. The number of hydrogen-bond donors (Lipinski definition) is 1. The molecule has 21 heavy (non-hydrogen) atoms. The van der Waals surface area contributed by atoms with Crippen LogP contribution in [0.15, 0.2) is 30.5 Å². The lowest BCUT2D eigenvalue weighted by molar-refractivity contribution is 0.102. The lowest BCUT2D eigenvalue weighted by Crippen LogP contribution is -2.17. The Labute approximate surface area is 125 Å². The summed E-state index contributed by atoms with van der Waals surface area (Å²) in [4.78, 5) is 20.3. The fourth-order valence-corrected chi connectivity index (χ4v) is 2.29. The van der Waals surface area contributed by atoms with Crippen molar-refractivity contribution < 1.29 is 4.79 Å². The predicted molar refractivity (Wildman–Crippen MR) is 84.6 cm³/mol. The molecule has 1 aromatic heterocycles. The van der Waals surface area contributed by atoms with E-state index >= 15 is 0 Å². The standard InChI is InChI=1S/C17H21N3O/c1-11-6-7-13(10-14(11)17(3,4)5)20-16(21)15-8-9-18-12(2)19-15/h6-10H,1-5H3,(H,20,21). The second-order valence-corrected chi connectivity index (χ2v) is 6.22. The number of hydrogen-bond acceptors (Lipinski definition) is 3. The number of benzene rings is 1. The monoisotopic (exact) mass is 283 g/mol. The normalized spacial score (nSPS) is 11.3. The highest BCUT2D eigenvalue weighted by molar-refractivity contribution is 6.02. The number of aromatic nitrogens is 2. The first kappa shape index (κ1) is 15.2. The molecule has 2 aromatic rings. The maximum Gasteiger partial charge on any atom is 0.274 e. The van der Waals surface area contributed by atoms with Gasteiger partial charge in [-0.15, -0.1) is 0 Å². The van der Waals surface area contributed by atoms with Crippen LogP contribution >= 0.6 is 0 Å². The van der Waals surface area contributed by atoms with E-state index in [2.05, 4.69) is 43.0 Å². The van der Waals surface area contributed by atoms with Crippen LogP contribution in [0.25, 0.3) is 0 Å². The van der Waals surface area contributed by atoms with Crippen LogP contribution in [0.4, 0.5) is 5.69 Å². The van der Waals surface area contributed by atoms with E-state index in [0.29, 0.717) is 11.5 Å². The zero-order valence-electron chi connectivity index (χ0n) is 13.2. The minimum absolute atomic E-state index is 0.0380. The first-order valence-electron chi connectivity index (χ1n) is 6.99. The maximum atomic E-state index is 12.2. The van der Waals surface area contributed by atoms with E-state index in [1.54, 1.807) is 19.2 Å². The molecule has 1 amide bonds. The largest absolute Gasteiger partial charge is 0.321 e. The van der Waals surface area contributed by atoms with Crippen LogP contribution in [0.1, 0.15) is 48.2 Å². The fraction of sp³-hybridized carbons (Fsp3) is 0.353. The summed E-state index contributed by atoms with van der Waals surface area (Å²) in [6.45, 7) is 10.3.